The standard InChI is InChI=1S/C25H26O6S/c1-19-11-14-22(15-12-19)32(28,29)31-18-21(26)17-30-25-10-6-5-9-23(25)24(27)16-13-20-7-3-2-4-8-20/h2-12,14-15,21,26H,13,16-18H2,1H3/t21-/m0/s1. The maximum atomic E-state index is 12.7. The molecule has 7 heteroatoms. The van der Waals surface area contributed by atoms with E-state index in [0.29, 0.717) is 24.2 Å². The van der Waals surface area contributed by atoms with Crippen LogP contribution in [-0.4, -0.2) is 38.6 Å². The number of aryl methyl sites for hydroxylation is 2. The molecule has 0 saturated heterocycles. The lowest BCUT2D eigenvalue weighted by Gasteiger charge is -2.15. The Labute approximate surface area is 188 Å². The lowest BCUT2D eigenvalue weighted by molar-refractivity contribution is 0.0641. The molecule has 1 atom stereocenters. The highest BCUT2D eigenvalue weighted by atomic mass is 32.2. The lowest BCUT2D eigenvalue weighted by Crippen LogP contribution is -2.25. The highest BCUT2D eigenvalue weighted by Gasteiger charge is 2.19. The van der Waals surface area contributed by atoms with Crippen molar-refractivity contribution in [3.63, 3.8) is 0 Å². The summed E-state index contributed by atoms with van der Waals surface area (Å²) in [4.78, 5) is 12.7. The average Bonchev–Trinajstić information content (AvgIpc) is 2.81. The van der Waals surface area contributed by atoms with Gasteiger partial charge in [0, 0.05) is 6.42 Å². The summed E-state index contributed by atoms with van der Waals surface area (Å²) < 4.78 is 35.0. The summed E-state index contributed by atoms with van der Waals surface area (Å²) in [5.74, 6) is 0.267. The zero-order valence-electron chi connectivity index (χ0n) is 17.8. The minimum Gasteiger partial charge on any atom is -0.490 e. The highest BCUT2D eigenvalue weighted by molar-refractivity contribution is 7.86. The van der Waals surface area contributed by atoms with E-state index < -0.39 is 22.8 Å². The number of carbonyl (C=O) groups is 1. The number of aliphatic hydroxyl groups is 1. The van der Waals surface area contributed by atoms with E-state index in [-0.39, 0.29) is 17.3 Å². The van der Waals surface area contributed by atoms with Gasteiger partial charge in [-0.15, -0.1) is 0 Å². The fourth-order valence-electron chi connectivity index (χ4n) is 3.04. The number of Topliss-reactive ketones (excluding diaryl/α,β-unsaturated/α-hetero) is 1. The topological polar surface area (TPSA) is 89.9 Å². The van der Waals surface area contributed by atoms with Crippen LogP contribution in [0.3, 0.4) is 0 Å². The van der Waals surface area contributed by atoms with Crippen LogP contribution in [0.2, 0.25) is 0 Å². The van der Waals surface area contributed by atoms with Crippen LogP contribution in [0, 0.1) is 6.92 Å². The summed E-state index contributed by atoms with van der Waals surface area (Å²) in [6, 6.07) is 22.8. The molecule has 0 fully saturated rings. The smallest absolute Gasteiger partial charge is 0.297 e. The number of ether oxygens (including phenoxy) is 1. The number of hydrogen-bond acceptors (Lipinski definition) is 6. The number of para-hydroxylation sites is 1. The molecule has 0 heterocycles. The first-order valence-electron chi connectivity index (χ1n) is 10.3. The molecule has 32 heavy (non-hydrogen) atoms. The molecule has 6 nitrogen and oxygen atoms in total. The van der Waals surface area contributed by atoms with Gasteiger partial charge in [-0.1, -0.05) is 60.2 Å². The summed E-state index contributed by atoms with van der Waals surface area (Å²) in [7, 11) is -3.98. The molecule has 0 aliphatic rings. The maximum Gasteiger partial charge on any atom is 0.297 e. The van der Waals surface area contributed by atoms with Crippen molar-refractivity contribution in [1.82, 2.24) is 0 Å². The van der Waals surface area contributed by atoms with Crippen molar-refractivity contribution in [1.29, 1.82) is 0 Å². The molecule has 0 spiro atoms. The van der Waals surface area contributed by atoms with E-state index in [1.54, 1.807) is 36.4 Å². The third-order valence-corrected chi connectivity index (χ3v) is 6.12. The molecule has 1 N–H and O–H groups in total. The normalized spacial score (nSPS) is 12.3. The van der Waals surface area contributed by atoms with Crippen LogP contribution in [0.25, 0.3) is 0 Å². The average molecular weight is 455 g/mol. The summed E-state index contributed by atoms with van der Waals surface area (Å²) >= 11 is 0. The van der Waals surface area contributed by atoms with Gasteiger partial charge >= 0.3 is 0 Å². The predicted molar refractivity (Wildman–Crippen MR) is 121 cm³/mol. The van der Waals surface area contributed by atoms with Crippen LogP contribution in [0.5, 0.6) is 5.75 Å². The van der Waals surface area contributed by atoms with Gasteiger partial charge in [0.05, 0.1) is 17.1 Å². The largest absolute Gasteiger partial charge is 0.490 e. The Balaban J connectivity index is 1.54. The minimum atomic E-state index is -3.98. The van der Waals surface area contributed by atoms with E-state index in [9.17, 15) is 18.3 Å². The Kier molecular flexibility index (Phi) is 8.16. The molecule has 3 aromatic carbocycles. The summed E-state index contributed by atoms with van der Waals surface area (Å²) in [6.45, 7) is 1.18. The third kappa shape index (κ3) is 6.75. The van der Waals surface area contributed by atoms with E-state index >= 15 is 0 Å². The molecule has 3 aromatic rings. The van der Waals surface area contributed by atoms with Crippen molar-refractivity contribution < 1.29 is 27.2 Å². The molecule has 3 rings (SSSR count). The summed E-state index contributed by atoms with van der Waals surface area (Å²) in [5.41, 5.74) is 2.42. The summed E-state index contributed by atoms with van der Waals surface area (Å²) in [5, 5.41) is 10.1. The monoisotopic (exact) mass is 454 g/mol. The van der Waals surface area contributed by atoms with Gasteiger partial charge in [-0.25, -0.2) is 0 Å². The van der Waals surface area contributed by atoms with E-state index in [0.717, 1.165) is 11.1 Å². The number of rotatable bonds is 11. The van der Waals surface area contributed by atoms with Gasteiger partial charge in [-0.2, -0.15) is 8.42 Å². The van der Waals surface area contributed by atoms with Crippen molar-refractivity contribution in [2.24, 2.45) is 0 Å². The molecule has 0 aromatic heterocycles. The van der Waals surface area contributed by atoms with Crippen LogP contribution >= 0.6 is 0 Å². The van der Waals surface area contributed by atoms with Crippen molar-refractivity contribution in [2.75, 3.05) is 13.2 Å². The molecule has 168 valence electrons. The van der Waals surface area contributed by atoms with Gasteiger partial charge in [0.1, 0.15) is 18.5 Å². The second kappa shape index (κ2) is 11.0. The number of benzene rings is 3. The number of carbonyl (C=O) groups excluding carboxylic acids is 1. The first-order valence-corrected chi connectivity index (χ1v) is 11.7. The van der Waals surface area contributed by atoms with Crippen LogP contribution in [0.4, 0.5) is 0 Å². The Morgan fingerprint density at radius 1 is 0.906 bits per heavy atom. The number of hydrogen-bond donors (Lipinski definition) is 1. The van der Waals surface area contributed by atoms with Gasteiger partial charge in [-0.05, 0) is 43.2 Å². The van der Waals surface area contributed by atoms with E-state index in [2.05, 4.69) is 0 Å². The van der Waals surface area contributed by atoms with Crippen LogP contribution in [0.15, 0.2) is 83.8 Å². The van der Waals surface area contributed by atoms with Crippen LogP contribution < -0.4 is 4.74 Å². The fourth-order valence-corrected chi connectivity index (χ4v) is 3.98. The van der Waals surface area contributed by atoms with Crippen LogP contribution in [-0.2, 0) is 20.7 Å². The SMILES string of the molecule is Cc1ccc(S(=O)(=O)OC[C@@H](O)COc2ccccc2C(=O)CCc2ccccc2)cc1. The maximum absolute atomic E-state index is 12.7. The highest BCUT2D eigenvalue weighted by Crippen LogP contribution is 2.21. The molecule has 0 amide bonds. The number of ketones is 1. The lowest BCUT2D eigenvalue weighted by atomic mass is 10.0. The van der Waals surface area contributed by atoms with Gasteiger partial charge < -0.3 is 9.84 Å². The van der Waals surface area contributed by atoms with Gasteiger partial charge in [0.2, 0.25) is 0 Å². The second-order valence-electron chi connectivity index (χ2n) is 7.42. The molecule has 0 aliphatic carbocycles. The molecule has 0 aliphatic heterocycles. The Morgan fingerprint density at radius 3 is 2.28 bits per heavy atom. The Bertz CT molecular complexity index is 1120. The van der Waals surface area contributed by atoms with E-state index in [4.69, 9.17) is 8.92 Å². The van der Waals surface area contributed by atoms with Crippen molar-refractivity contribution in [2.45, 2.75) is 30.8 Å². The second-order valence-corrected chi connectivity index (χ2v) is 9.04. The Hall–Kier alpha value is -3.00. The van der Waals surface area contributed by atoms with Gasteiger partial charge in [0.15, 0.2) is 5.78 Å². The molecular weight excluding hydrogens is 428 g/mol. The van der Waals surface area contributed by atoms with Gasteiger partial charge in [-0.3, -0.25) is 8.98 Å². The van der Waals surface area contributed by atoms with E-state index in [1.165, 1.54) is 12.1 Å². The molecule has 0 unspecified atom stereocenters. The first kappa shape index (κ1) is 23.7. The quantitative estimate of drug-likeness (QED) is 0.348. The van der Waals surface area contributed by atoms with Crippen molar-refractivity contribution in [3.8, 4) is 5.75 Å². The van der Waals surface area contributed by atoms with Crippen LogP contribution in [0.1, 0.15) is 27.9 Å². The summed E-state index contributed by atoms with van der Waals surface area (Å²) in [6.07, 6.45) is -0.255. The number of aliphatic hydroxyl groups excluding tert-OH is 1. The zero-order valence-corrected chi connectivity index (χ0v) is 18.6. The molecular formula is C25H26O6S. The molecule has 0 bridgehead atoms. The molecule has 0 saturated carbocycles. The zero-order chi connectivity index (χ0) is 23.0. The first-order chi connectivity index (χ1) is 15.3. The molecule has 0 radical (unpaired) electrons. The third-order valence-electron chi connectivity index (χ3n) is 4.83. The van der Waals surface area contributed by atoms with Crippen molar-refractivity contribution in [3.05, 3.63) is 95.6 Å². The Morgan fingerprint density at radius 2 is 1.56 bits per heavy atom. The van der Waals surface area contributed by atoms with Gasteiger partial charge in [0.25, 0.3) is 10.1 Å². The van der Waals surface area contributed by atoms with Crippen molar-refractivity contribution >= 4 is 15.9 Å². The minimum absolute atomic E-state index is 0.0191. The fraction of sp³-hybridized carbons (Fsp3) is 0.240. The van der Waals surface area contributed by atoms with E-state index in [1.807, 2.05) is 37.3 Å². The predicted octanol–water partition coefficient (Wildman–Crippen LogP) is 3.96.